The molecule has 0 radical (unpaired) electrons. The summed E-state index contributed by atoms with van der Waals surface area (Å²) < 4.78 is 1.15. The molecule has 72 valence electrons. The molecule has 0 aromatic heterocycles. The van der Waals surface area contributed by atoms with Gasteiger partial charge in [-0.2, -0.15) is 0 Å². The molecule has 0 aliphatic heterocycles. The van der Waals surface area contributed by atoms with E-state index in [1.165, 1.54) is 12.8 Å². The number of fused-ring (bicyclic) bond motifs is 2. The van der Waals surface area contributed by atoms with E-state index in [2.05, 4.69) is 31.5 Å². The Morgan fingerprint density at radius 1 is 1.38 bits per heavy atom. The molecule has 2 aliphatic rings. The lowest BCUT2D eigenvalue weighted by Gasteiger charge is -2.31. The number of allylic oxidation sites excluding steroid dienone is 2. The normalized spacial score (nSPS) is 46.0. The van der Waals surface area contributed by atoms with Crippen molar-refractivity contribution < 1.29 is 0 Å². The highest BCUT2D eigenvalue weighted by molar-refractivity contribution is 6.57. The van der Waals surface area contributed by atoms with E-state index >= 15 is 0 Å². The fraction of sp³-hybridized carbons (Fsp3) is 0.833. The fourth-order valence-corrected chi connectivity index (χ4v) is 6.91. The molecule has 2 bridgehead atoms. The first-order valence-corrected chi connectivity index (χ1v) is 8.77. The van der Waals surface area contributed by atoms with Gasteiger partial charge < -0.3 is 0 Å². The molecule has 0 heterocycles. The van der Waals surface area contributed by atoms with E-state index in [9.17, 15) is 0 Å². The molecule has 0 saturated heterocycles. The van der Waals surface area contributed by atoms with Gasteiger partial charge in [0.2, 0.25) is 0 Å². The Bertz CT molecular complexity index is 227. The van der Waals surface area contributed by atoms with Gasteiger partial charge in [-0.15, -0.1) is 11.6 Å². The third kappa shape index (κ3) is 1.41. The number of hydrogen-bond acceptors (Lipinski definition) is 0. The molecule has 0 nitrogen and oxygen atoms in total. The van der Waals surface area contributed by atoms with Crippen LogP contribution in [0.2, 0.25) is 16.4 Å². The SMILES string of the molecule is C/C=C1/CC2CC1C(C)[CH]2[Al]([CH3])[CH3]. The summed E-state index contributed by atoms with van der Waals surface area (Å²) in [7, 11) is 0. The van der Waals surface area contributed by atoms with Crippen molar-refractivity contribution in [3.05, 3.63) is 11.6 Å². The summed E-state index contributed by atoms with van der Waals surface area (Å²) in [5.74, 6) is 8.15. The van der Waals surface area contributed by atoms with Crippen molar-refractivity contribution >= 4 is 14.1 Å². The molecular formula is C12H21Al. The predicted octanol–water partition coefficient (Wildman–Crippen LogP) is 3.73. The van der Waals surface area contributed by atoms with Crippen molar-refractivity contribution in [2.24, 2.45) is 17.8 Å². The monoisotopic (exact) mass is 192 g/mol. The Morgan fingerprint density at radius 2 is 2.08 bits per heavy atom. The summed E-state index contributed by atoms with van der Waals surface area (Å²) in [6.07, 6.45) is 5.36. The summed E-state index contributed by atoms with van der Waals surface area (Å²) in [6.45, 7) is 4.73. The van der Waals surface area contributed by atoms with Crippen LogP contribution in [0.1, 0.15) is 26.7 Å². The zero-order chi connectivity index (χ0) is 9.59. The van der Waals surface area contributed by atoms with Crippen LogP contribution in [0.25, 0.3) is 0 Å². The van der Waals surface area contributed by atoms with Crippen LogP contribution >= 0.6 is 0 Å². The van der Waals surface area contributed by atoms with Gasteiger partial charge in [0, 0.05) is 0 Å². The van der Waals surface area contributed by atoms with Crippen LogP contribution in [0.3, 0.4) is 0 Å². The van der Waals surface area contributed by atoms with E-state index < -0.39 is 14.1 Å². The molecule has 0 aromatic rings. The maximum Gasteiger partial charge on any atom is 0.259 e. The molecule has 2 rings (SSSR count). The second kappa shape index (κ2) is 3.45. The molecule has 0 spiro atoms. The van der Waals surface area contributed by atoms with Crippen LogP contribution in [-0.4, -0.2) is 14.1 Å². The maximum atomic E-state index is 2.54. The topological polar surface area (TPSA) is 0 Å². The van der Waals surface area contributed by atoms with Gasteiger partial charge in [-0.1, -0.05) is 23.4 Å². The summed E-state index contributed by atoms with van der Waals surface area (Å²) >= 11 is -0.392. The molecular weight excluding hydrogens is 171 g/mol. The van der Waals surface area contributed by atoms with Crippen molar-refractivity contribution in [2.45, 2.75) is 43.0 Å². The van der Waals surface area contributed by atoms with Gasteiger partial charge in [0.15, 0.2) is 0 Å². The Morgan fingerprint density at radius 3 is 2.54 bits per heavy atom. The van der Waals surface area contributed by atoms with Gasteiger partial charge in [0.05, 0.1) is 0 Å². The van der Waals surface area contributed by atoms with Crippen molar-refractivity contribution in [1.29, 1.82) is 0 Å². The maximum absolute atomic E-state index is 2.54. The lowest BCUT2D eigenvalue weighted by molar-refractivity contribution is 0.425. The molecule has 1 heteroatoms. The first-order valence-electron chi connectivity index (χ1n) is 5.80. The van der Waals surface area contributed by atoms with Gasteiger partial charge in [0.1, 0.15) is 0 Å². The molecule has 4 unspecified atom stereocenters. The average molecular weight is 192 g/mol. The Labute approximate surface area is 86.8 Å². The predicted molar refractivity (Wildman–Crippen MR) is 60.4 cm³/mol. The minimum absolute atomic E-state index is 0.392. The zero-order valence-electron chi connectivity index (χ0n) is 9.38. The molecule has 2 saturated carbocycles. The average Bonchev–Trinajstić information content (AvgIpc) is 2.59. The number of hydrogen-bond donors (Lipinski definition) is 0. The first kappa shape index (κ1) is 9.81. The van der Waals surface area contributed by atoms with Crippen LogP contribution in [-0.2, 0) is 0 Å². The summed E-state index contributed by atoms with van der Waals surface area (Å²) in [4.78, 5) is 0. The first-order chi connectivity index (χ1) is 6.15. The minimum Gasteiger partial charge on any atom is -0.106 e. The highest BCUT2D eigenvalue weighted by atomic mass is 27.2. The van der Waals surface area contributed by atoms with Crippen molar-refractivity contribution in [3.8, 4) is 0 Å². The largest absolute Gasteiger partial charge is 0.259 e. The van der Waals surface area contributed by atoms with Gasteiger partial charge in [0.25, 0.3) is 14.1 Å². The van der Waals surface area contributed by atoms with Gasteiger partial charge in [-0.25, -0.2) is 0 Å². The second-order valence-corrected chi connectivity index (χ2v) is 8.61. The van der Waals surface area contributed by atoms with Crippen LogP contribution in [0.5, 0.6) is 0 Å². The molecule has 2 fully saturated rings. The van der Waals surface area contributed by atoms with E-state index in [0.29, 0.717) is 0 Å². The van der Waals surface area contributed by atoms with E-state index in [4.69, 9.17) is 0 Å². The van der Waals surface area contributed by atoms with E-state index in [1.807, 2.05) is 0 Å². The van der Waals surface area contributed by atoms with Crippen molar-refractivity contribution in [2.75, 3.05) is 0 Å². The Balaban J connectivity index is 2.18. The summed E-state index contributed by atoms with van der Waals surface area (Å²) in [5.41, 5.74) is 1.78. The smallest absolute Gasteiger partial charge is 0.106 e. The molecule has 4 atom stereocenters. The second-order valence-electron chi connectivity index (χ2n) is 5.35. The van der Waals surface area contributed by atoms with Crippen molar-refractivity contribution in [3.63, 3.8) is 0 Å². The van der Waals surface area contributed by atoms with Crippen LogP contribution in [0.4, 0.5) is 0 Å². The third-order valence-electron chi connectivity index (χ3n) is 4.46. The lowest BCUT2D eigenvalue weighted by atomic mass is 9.85. The minimum atomic E-state index is -0.392. The van der Waals surface area contributed by atoms with E-state index in [0.717, 1.165) is 22.5 Å². The van der Waals surface area contributed by atoms with Gasteiger partial charge in [-0.3, -0.25) is 0 Å². The molecule has 0 amide bonds. The molecule has 13 heavy (non-hydrogen) atoms. The van der Waals surface area contributed by atoms with E-state index in [-0.39, 0.29) is 0 Å². The van der Waals surface area contributed by atoms with Crippen LogP contribution in [0, 0.1) is 17.8 Å². The summed E-state index contributed by atoms with van der Waals surface area (Å²) in [6, 6.07) is 0. The quantitative estimate of drug-likeness (QED) is 0.438. The van der Waals surface area contributed by atoms with E-state index in [1.54, 1.807) is 5.57 Å². The molecule has 2 aliphatic carbocycles. The van der Waals surface area contributed by atoms with Gasteiger partial charge >= 0.3 is 0 Å². The highest BCUT2D eigenvalue weighted by Crippen LogP contribution is 2.58. The zero-order valence-corrected chi connectivity index (χ0v) is 10.5. The Kier molecular flexibility index (Phi) is 2.60. The fourth-order valence-electron chi connectivity index (χ4n) is 4.04. The standard InChI is InChI=1S/C10H15.2CH3.Al/c1-3-9-5-8-4-7(2)10(9)6-8;;;/h3-4,7-8,10H,5-6H2,1-2H3;2*1H3;/b9-3-;;;. The highest BCUT2D eigenvalue weighted by Gasteiger charge is 2.49. The lowest BCUT2D eigenvalue weighted by Crippen LogP contribution is -2.26. The van der Waals surface area contributed by atoms with Crippen LogP contribution in [0.15, 0.2) is 11.6 Å². The van der Waals surface area contributed by atoms with Gasteiger partial charge in [-0.05, 0) is 37.5 Å². The van der Waals surface area contributed by atoms with Crippen LogP contribution < -0.4 is 0 Å². The molecule has 0 N–H and O–H groups in total. The molecule has 0 aromatic carbocycles. The Hall–Kier alpha value is 0.272. The third-order valence-corrected chi connectivity index (χ3v) is 7.15. The summed E-state index contributed by atoms with van der Waals surface area (Å²) in [5, 5.41) is 0. The number of rotatable bonds is 1. The van der Waals surface area contributed by atoms with Crippen molar-refractivity contribution in [1.82, 2.24) is 0 Å².